The molecule has 5 N–H and O–H groups in total. The summed E-state index contributed by atoms with van der Waals surface area (Å²) in [6.07, 6.45) is -17.9. The second kappa shape index (κ2) is 15.7. The summed E-state index contributed by atoms with van der Waals surface area (Å²) < 4.78 is 61.3. The molecule has 0 aliphatic carbocycles. The number of hydrogen-bond donors (Lipinski definition) is 5. The molecule has 40 heavy (non-hydrogen) atoms. The van der Waals surface area contributed by atoms with Crippen molar-refractivity contribution in [3.63, 3.8) is 0 Å². The van der Waals surface area contributed by atoms with E-state index in [-0.39, 0.29) is 19.8 Å². The minimum Gasteiger partial charge on any atom is -0.387 e. The van der Waals surface area contributed by atoms with Gasteiger partial charge in [-0.2, -0.15) is 0 Å². The van der Waals surface area contributed by atoms with Crippen LogP contribution in [-0.4, -0.2) is 180 Å². The van der Waals surface area contributed by atoms with Crippen LogP contribution in [-0.2, 0) is 52.1 Å². The van der Waals surface area contributed by atoms with Gasteiger partial charge in [0, 0.05) is 42.7 Å². The lowest BCUT2D eigenvalue weighted by molar-refractivity contribution is -0.381. The van der Waals surface area contributed by atoms with Crippen LogP contribution >= 0.6 is 0 Å². The monoisotopic (exact) mass is 588 g/mol. The maximum atomic E-state index is 11.4. The zero-order valence-electron chi connectivity index (χ0n) is 23.5. The van der Waals surface area contributed by atoms with E-state index in [9.17, 15) is 25.5 Å². The van der Waals surface area contributed by atoms with Crippen LogP contribution in [0, 0.1) is 0 Å². The van der Waals surface area contributed by atoms with E-state index in [0.29, 0.717) is 0 Å². The molecule has 0 bridgehead atoms. The summed E-state index contributed by atoms with van der Waals surface area (Å²) >= 11 is 0. The van der Waals surface area contributed by atoms with E-state index in [1.807, 2.05) is 0 Å². The molecule has 3 fully saturated rings. The number of aliphatic hydroxyl groups is 5. The van der Waals surface area contributed by atoms with Crippen LogP contribution in [0.15, 0.2) is 0 Å². The first-order valence-electron chi connectivity index (χ1n) is 12.9. The zero-order valence-corrected chi connectivity index (χ0v) is 23.5. The molecule has 0 amide bonds. The molecule has 0 radical (unpaired) electrons. The first-order chi connectivity index (χ1) is 19.2. The zero-order chi connectivity index (χ0) is 29.6. The summed E-state index contributed by atoms with van der Waals surface area (Å²) in [6.45, 7) is -0.148. The summed E-state index contributed by atoms with van der Waals surface area (Å²) in [4.78, 5) is 0. The molecule has 0 aromatic heterocycles. The Balaban J connectivity index is 1.83. The molecule has 0 saturated carbocycles. The van der Waals surface area contributed by atoms with Crippen molar-refractivity contribution in [2.75, 3.05) is 62.5 Å². The molecule has 0 aromatic rings. The predicted molar refractivity (Wildman–Crippen MR) is 130 cm³/mol. The van der Waals surface area contributed by atoms with Crippen molar-refractivity contribution in [3.05, 3.63) is 0 Å². The molecule has 0 aromatic carbocycles. The number of ether oxygens (including phenoxy) is 11. The van der Waals surface area contributed by atoms with E-state index in [4.69, 9.17) is 52.1 Å². The SMILES string of the molecule is COCC1O[C@@H](O[C@H]2C(O)C(OC)[C@H](O)O[C@H]2COC)C(OC)[C@@H](O)[C@@H]1O[C@@H]1O[C@@H](COC)[C@@H](O)C(O)C1OC. The van der Waals surface area contributed by atoms with Crippen LogP contribution in [0.1, 0.15) is 0 Å². The molecule has 16 heteroatoms. The number of hydrogen-bond acceptors (Lipinski definition) is 16. The number of rotatable bonds is 13. The Morgan fingerprint density at radius 2 is 0.850 bits per heavy atom. The Labute approximate surface area is 232 Å². The molecule has 3 saturated heterocycles. The van der Waals surface area contributed by atoms with Gasteiger partial charge in [0.1, 0.15) is 73.2 Å². The molecule has 6 unspecified atom stereocenters. The van der Waals surface area contributed by atoms with Gasteiger partial charge in [-0.1, -0.05) is 0 Å². The second-order valence-corrected chi connectivity index (χ2v) is 9.78. The van der Waals surface area contributed by atoms with Gasteiger partial charge in [0.05, 0.1) is 19.8 Å². The fourth-order valence-corrected chi connectivity index (χ4v) is 5.23. The molecular weight excluding hydrogens is 544 g/mol. The van der Waals surface area contributed by atoms with E-state index in [2.05, 4.69) is 0 Å². The van der Waals surface area contributed by atoms with Crippen LogP contribution in [0.3, 0.4) is 0 Å². The van der Waals surface area contributed by atoms with Crippen molar-refractivity contribution >= 4 is 0 Å². The number of aliphatic hydroxyl groups excluding tert-OH is 5. The molecule has 0 spiro atoms. The Morgan fingerprint density at radius 1 is 0.450 bits per heavy atom. The van der Waals surface area contributed by atoms with E-state index in [1.54, 1.807) is 0 Å². The van der Waals surface area contributed by atoms with Gasteiger partial charge >= 0.3 is 0 Å². The topological polar surface area (TPSA) is 203 Å². The Kier molecular flexibility index (Phi) is 13.3. The largest absolute Gasteiger partial charge is 0.387 e. The lowest BCUT2D eigenvalue weighted by Gasteiger charge is -2.49. The highest BCUT2D eigenvalue weighted by Crippen LogP contribution is 2.34. The molecule has 3 aliphatic rings. The van der Waals surface area contributed by atoms with Gasteiger partial charge in [-0.05, 0) is 0 Å². The third-order valence-corrected chi connectivity index (χ3v) is 7.29. The third-order valence-electron chi connectivity index (χ3n) is 7.29. The Morgan fingerprint density at radius 3 is 1.32 bits per heavy atom. The van der Waals surface area contributed by atoms with Gasteiger partial charge < -0.3 is 77.6 Å². The summed E-state index contributed by atoms with van der Waals surface area (Å²) in [5.41, 5.74) is 0. The Hall–Kier alpha value is -0.640. The lowest BCUT2D eigenvalue weighted by Crippen LogP contribution is -2.67. The van der Waals surface area contributed by atoms with Crippen molar-refractivity contribution in [3.8, 4) is 0 Å². The Bertz CT molecular complexity index is 727. The van der Waals surface area contributed by atoms with Crippen molar-refractivity contribution in [2.45, 2.75) is 92.1 Å². The van der Waals surface area contributed by atoms with Crippen LogP contribution in [0.4, 0.5) is 0 Å². The van der Waals surface area contributed by atoms with Gasteiger partial charge in [0.2, 0.25) is 0 Å². The average molecular weight is 589 g/mol. The average Bonchev–Trinajstić information content (AvgIpc) is 2.92. The summed E-state index contributed by atoms with van der Waals surface area (Å²) in [5, 5.41) is 53.6. The number of methoxy groups -OCH3 is 6. The molecule has 3 heterocycles. The quantitative estimate of drug-likeness (QED) is 0.141. The van der Waals surface area contributed by atoms with Crippen LogP contribution in [0.2, 0.25) is 0 Å². The predicted octanol–water partition coefficient (Wildman–Crippen LogP) is -3.65. The first-order valence-corrected chi connectivity index (χ1v) is 12.9. The summed E-state index contributed by atoms with van der Waals surface area (Å²) in [7, 11) is 8.21. The maximum absolute atomic E-state index is 11.4. The normalized spacial score (nSPS) is 46.4. The fraction of sp³-hybridized carbons (Fsp3) is 1.00. The fourth-order valence-electron chi connectivity index (χ4n) is 5.23. The van der Waals surface area contributed by atoms with E-state index >= 15 is 0 Å². The van der Waals surface area contributed by atoms with Gasteiger partial charge in [-0.3, -0.25) is 0 Å². The molecule has 3 aliphatic heterocycles. The maximum Gasteiger partial charge on any atom is 0.187 e. The van der Waals surface area contributed by atoms with Gasteiger partial charge in [-0.15, -0.1) is 0 Å². The van der Waals surface area contributed by atoms with E-state index in [0.717, 1.165) is 0 Å². The standard InChI is InChI=1S/C24H44O16/c1-30-7-10-13(25)14(26)20(34-5)23(37-10)40-18-12(9-32-3)38-24(21(35-6)16(18)28)39-17-11(8-31-2)36-22(29)19(33-4)15(17)27/h10-29H,7-9H2,1-6H3/t10-,11-,12?,13+,14?,15?,16-,17+,18+,19?,20?,21?,22+,23-,24-/m0/s1. The molecular formula is C24H44O16. The van der Waals surface area contributed by atoms with Crippen molar-refractivity contribution in [1.82, 2.24) is 0 Å². The highest BCUT2D eigenvalue weighted by atomic mass is 16.8. The summed E-state index contributed by atoms with van der Waals surface area (Å²) in [6, 6.07) is 0. The molecule has 3 rings (SSSR count). The van der Waals surface area contributed by atoms with Crippen molar-refractivity contribution in [2.24, 2.45) is 0 Å². The highest BCUT2D eigenvalue weighted by molar-refractivity contribution is 4.97. The second-order valence-electron chi connectivity index (χ2n) is 9.78. The third kappa shape index (κ3) is 7.28. The summed E-state index contributed by atoms with van der Waals surface area (Å²) in [5.74, 6) is 0. The minimum absolute atomic E-state index is 0.0381. The smallest absolute Gasteiger partial charge is 0.187 e. The van der Waals surface area contributed by atoms with Crippen LogP contribution < -0.4 is 0 Å². The van der Waals surface area contributed by atoms with Crippen LogP contribution in [0.25, 0.3) is 0 Å². The molecule has 236 valence electrons. The van der Waals surface area contributed by atoms with Gasteiger partial charge in [-0.25, -0.2) is 0 Å². The van der Waals surface area contributed by atoms with E-state index in [1.165, 1.54) is 42.7 Å². The first kappa shape index (κ1) is 33.9. The van der Waals surface area contributed by atoms with Crippen LogP contribution in [0.5, 0.6) is 0 Å². The van der Waals surface area contributed by atoms with Crippen molar-refractivity contribution in [1.29, 1.82) is 0 Å². The van der Waals surface area contributed by atoms with Gasteiger partial charge in [0.25, 0.3) is 0 Å². The minimum atomic E-state index is -1.44. The molecule has 15 atom stereocenters. The van der Waals surface area contributed by atoms with Gasteiger partial charge in [0.15, 0.2) is 18.9 Å². The van der Waals surface area contributed by atoms with Crippen molar-refractivity contribution < 1.29 is 77.6 Å². The lowest BCUT2D eigenvalue weighted by atomic mass is 9.96. The molecule has 16 nitrogen and oxygen atoms in total. The van der Waals surface area contributed by atoms with E-state index < -0.39 is 92.1 Å². The highest BCUT2D eigenvalue weighted by Gasteiger charge is 2.54.